The maximum Gasteiger partial charge on any atom is 0.437 e. The van der Waals surface area contributed by atoms with Crippen LogP contribution in [0.5, 0.6) is 5.75 Å². The lowest BCUT2D eigenvalue weighted by molar-refractivity contribution is -0.294. The predicted molar refractivity (Wildman–Crippen MR) is 78.5 cm³/mol. The van der Waals surface area contributed by atoms with E-state index >= 15 is 0 Å². The Kier molecular flexibility index (Phi) is 5.12. The van der Waals surface area contributed by atoms with Crippen LogP contribution in [-0.2, 0) is 9.53 Å². The molecule has 0 saturated carbocycles. The molecule has 0 bridgehead atoms. The number of alkyl halides is 3. The van der Waals surface area contributed by atoms with Crippen molar-refractivity contribution in [3.05, 3.63) is 29.8 Å². The number of hydrogen-bond acceptors (Lipinski definition) is 5. The van der Waals surface area contributed by atoms with Crippen molar-refractivity contribution < 1.29 is 37.3 Å². The van der Waals surface area contributed by atoms with Gasteiger partial charge in [0.1, 0.15) is 11.7 Å². The van der Waals surface area contributed by atoms with Gasteiger partial charge in [0.25, 0.3) is 5.72 Å². The average Bonchev–Trinajstić information content (AvgIpc) is 2.53. The van der Waals surface area contributed by atoms with E-state index in [9.17, 15) is 27.9 Å². The molecule has 7 nitrogen and oxygen atoms in total. The summed E-state index contributed by atoms with van der Waals surface area (Å²) in [5.41, 5.74) is -3.59. The van der Waals surface area contributed by atoms with Crippen LogP contribution >= 0.6 is 0 Å². The topological polar surface area (TPSA) is 96.9 Å². The van der Waals surface area contributed by atoms with Crippen molar-refractivity contribution in [1.82, 2.24) is 10.6 Å². The number of rotatable bonds is 4. The number of hydrogen-bond donors (Lipinski definition) is 3. The van der Waals surface area contributed by atoms with Gasteiger partial charge in [0.15, 0.2) is 0 Å². The fourth-order valence-corrected chi connectivity index (χ4v) is 2.63. The molecule has 1 saturated heterocycles. The highest BCUT2D eigenvalue weighted by molar-refractivity contribution is 5.83. The summed E-state index contributed by atoms with van der Waals surface area (Å²) in [6, 6.07) is 2.97. The molecule has 1 aromatic carbocycles. The molecule has 138 valence electrons. The van der Waals surface area contributed by atoms with E-state index in [2.05, 4.69) is 10.1 Å². The van der Waals surface area contributed by atoms with E-state index in [1.54, 1.807) is 0 Å². The molecule has 0 aromatic heterocycles. The van der Waals surface area contributed by atoms with Crippen LogP contribution in [0.3, 0.4) is 0 Å². The molecule has 0 aliphatic carbocycles. The normalized spacial score (nSPS) is 26.4. The highest BCUT2D eigenvalue weighted by atomic mass is 19.4. The summed E-state index contributed by atoms with van der Waals surface area (Å²) in [5.74, 6) is -3.00. The zero-order chi connectivity index (χ0) is 18.8. The van der Waals surface area contributed by atoms with Crippen molar-refractivity contribution in [2.45, 2.75) is 24.9 Å². The van der Waals surface area contributed by atoms with Gasteiger partial charge in [0, 0.05) is 0 Å². The number of carbonyl (C=O) groups excluding carboxylic acids is 2. The third-order valence-corrected chi connectivity index (χ3v) is 3.82. The van der Waals surface area contributed by atoms with Gasteiger partial charge in [-0.05, 0) is 24.6 Å². The number of carbonyl (C=O) groups is 2. The first-order chi connectivity index (χ1) is 11.6. The van der Waals surface area contributed by atoms with Crippen molar-refractivity contribution in [3.8, 4) is 5.75 Å². The van der Waals surface area contributed by atoms with Gasteiger partial charge in [-0.1, -0.05) is 12.1 Å². The van der Waals surface area contributed by atoms with Crippen LogP contribution in [0.4, 0.5) is 18.0 Å². The number of amides is 2. The summed E-state index contributed by atoms with van der Waals surface area (Å²) in [4.78, 5) is 23.9. The number of aliphatic hydroxyl groups is 1. The number of benzene rings is 1. The van der Waals surface area contributed by atoms with Gasteiger partial charge >= 0.3 is 18.2 Å². The van der Waals surface area contributed by atoms with Gasteiger partial charge in [-0.25, -0.2) is 4.79 Å². The highest BCUT2D eigenvalue weighted by Crippen LogP contribution is 2.43. The fourth-order valence-electron chi connectivity index (χ4n) is 2.63. The first kappa shape index (κ1) is 18.8. The molecule has 0 radical (unpaired) electrons. The Morgan fingerprint density at radius 3 is 2.40 bits per heavy atom. The van der Waals surface area contributed by atoms with Gasteiger partial charge in [0.05, 0.1) is 19.8 Å². The highest BCUT2D eigenvalue weighted by Gasteiger charge is 2.67. The SMILES string of the molecule is CCOC(=O)[C@H]1[C@@H](c2ccc(OC)cc2)NC(=O)N[C@@]1(O)C(F)(F)F. The summed E-state index contributed by atoms with van der Waals surface area (Å²) in [6.07, 6.45) is -5.30. The van der Waals surface area contributed by atoms with E-state index in [-0.39, 0.29) is 12.2 Å². The summed E-state index contributed by atoms with van der Waals surface area (Å²) >= 11 is 0. The van der Waals surface area contributed by atoms with E-state index < -0.39 is 35.9 Å². The molecule has 3 atom stereocenters. The van der Waals surface area contributed by atoms with E-state index in [4.69, 9.17) is 4.74 Å². The van der Waals surface area contributed by atoms with Crippen LogP contribution in [0.2, 0.25) is 0 Å². The maximum atomic E-state index is 13.4. The molecule has 1 heterocycles. The third kappa shape index (κ3) is 3.48. The lowest BCUT2D eigenvalue weighted by atomic mass is 9.82. The Morgan fingerprint density at radius 1 is 1.32 bits per heavy atom. The Morgan fingerprint density at radius 2 is 1.92 bits per heavy atom. The second kappa shape index (κ2) is 6.79. The first-order valence-corrected chi connectivity index (χ1v) is 7.32. The van der Waals surface area contributed by atoms with Crippen molar-refractivity contribution in [3.63, 3.8) is 0 Å². The Hall–Kier alpha value is -2.49. The fraction of sp³-hybridized carbons (Fsp3) is 0.467. The summed E-state index contributed by atoms with van der Waals surface area (Å²) < 4.78 is 50.0. The minimum atomic E-state index is -5.30. The summed E-state index contributed by atoms with van der Waals surface area (Å²) in [6.45, 7) is 1.23. The van der Waals surface area contributed by atoms with Crippen molar-refractivity contribution >= 4 is 12.0 Å². The van der Waals surface area contributed by atoms with Crippen LogP contribution in [0, 0.1) is 5.92 Å². The van der Waals surface area contributed by atoms with Gasteiger partial charge in [-0.15, -0.1) is 0 Å². The minimum absolute atomic E-state index is 0.177. The van der Waals surface area contributed by atoms with Gasteiger partial charge in [-0.2, -0.15) is 13.2 Å². The number of nitrogens with one attached hydrogen (secondary N) is 2. The van der Waals surface area contributed by atoms with Gasteiger partial charge < -0.3 is 25.2 Å². The molecular weight excluding hydrogens is 345 g/mol. The average molecular weight is 362 g/mol. The number of methoxy groups -OCH3 is 1. The van der Waals surface area contributed by atoms with E-state index in [1.165, 1.54) is 43.6 Å². The zero-order valence-corrected chi connectivity index (χ0v) is 13.4. The molecule has 10 heteroatoms. The molecule has 1 aliphatic rings. The molecule has 0 unspecified atom stereocenters. The number of esters is 1. The molecule has 3 N–H and O–H groups in total. The largest absolute Gasteiger partial charge is 0.497 e. The Labute approximate surface area is 141 Å². The smallest absolute Gasteiger partial charge is 0.437 e. The molecule has 2 amide bonds. The summed E-state index contributed by atoms with van der Waals surface area (Å²) in [5, 5.41) is 13.8. The Bertz CT molecular complexity index is 650. The molecule has 1 fully saturated rings. The number of urea groups is 1. The molecule has 2 rings (SSSR count). The Balaban J connectivity index is 2.53. The van der Waals surface area contributed by atoms with E-state index in [0.717, 1.165) is 0 Å². The summed E-state index contributed by atoms with van der Waals surface area (Å²) in [7, 11) is 1.41. The van der Waals surface area contributed by atoms with Crippen molar-refractivity contribution in [2.24, 2.45) is 5.92 Å². The monoisotopic (exact) mass is 362 g/mol. The second-order valence-electron chi connectivity index (χ2n) is 5.34. The van der Waals surface area contributed by atoms with Crippen molar-refractivity contribution in [2.75, 3.05) is 13.7 Å². The third-order valence-electron chi connectivity index (χ3n) is 3.82. The lowest BCUT2D eigenvalue weighted by Gasteiger charge is -2.44. The van der Waals surface area contributed by atoms with Crippen LogP contribution in [0.15, 0.2) is 24.3 Å². The molecule has 1 aliphatic heterocycles. The number of ether oxygens (including phenoxy) is 2. The van der Waals surface area contributed by atoms with Crippen LogP contribution < -0.4 is 15.4 Å². The van der Waals surface area contributed by atoms with Gasteiger partial charge in [0.2, 0.25) is 0 Å². The van der Waals surface area contributed by atoms with E-state index in [1.807, 2.05) is 0 Å². The van der Waals surface area contributed by atoms with Gasteiger partial charge in [-0.3, -0.25) is 4.79 Å². The van der Waals surface area contributed by atoms with Crippen LogP contribution in [0.25, 0.3) is 0 Å². The first-order valence-electron chi connectivity index (χ1n) is 7.32. The molecule has 1 aromatic rings. The molecular formula is C15H17F3N2O5. The standard InChI is InChI=1S/C15H17F3N2O5/c1-3-25-12(21)10-11(8-4-6-9(24-2)7-5-8)19-13(22)20-14(10,23)15(16,17)18/h4-7,10-11,23H,3H2,1-2H3,(H2,19,20,22)/t10-,11-,14+/m1/s1. The minimum Gasteiger partial charge on any atom is -0.497 e. The quantitative estimate of drug-likeness (QED) is 0.705. The maximum absolute atomic E-state index is 13.4. The van der Waals surface area contributed by atoms with Crippen molar-refractivity contribution in [1.29, 1.82) is 0 Å². The number of halogens is 3. The zero-order valence-electron chi connectivity index (χ0n) is 13.4. The predicted octanol–water partition coefficient (Wildman–Crippen LogP) is 1.48. The second-order valence-corrected chi connectivity index (χ2v) is 5.34. The van der Waals surface area contributed by atoms with Crippen LogP contribution in [-0.4, -0.2) is 42.7 Å². The van der Waals surface area contributed by atoms with E-state index in [0.29, 0.717) is 5.75 Å². The molecule has 0 spiro atoms. The molecule has 25 heavy (non-hydrogen) atoms. The van der Waals surface area contributed by atoms with Crippen LogP contribution in [0.1, 0.15) is 18.5 Å². The lowest BCUT2D eigenvalue weighted by Crippen LogP contribution is -2.73.